The predicted molar refractivity (Wildman–Crippen MR) is 124 cm³/mol. The van der Waals surface area contributed by atoms with E-state index in [9.17, 15) is 9.50 Å². The number of piperidine rings is 1. The first-order valence-corrected chi connectivity index (χ1v) is 12.5. The van der Waals surface area contributed by atoms with Crippen molar-refractivity contribution in [2.45, 2.75) is 35.9 Å². The summed E-state index contributed by atoms with van der Waals surface area (Å²) in [4.78, 5) is 9.56. The number of nitrogens with one attached hydrogen (secondary N) is 1. The van der Waals surface area contributed by atoms with Crippen LogP contribution in [-0.4, -0.2) is 76.3 Å². The topological polar surface area (TPSA) is 86.6 Å². The number of anilines is 1. The van der Waals surface area contributed by atoms with Gasteiger partial charge in [0, 0.05) is 37.0 Å². The third-order valence-corrected chi connectivity index (χ3v) is 7.85. The van der Waals surface area contributed by atoms with Crippen LogP contribution in [-0.2, 0) is 12.1 Å². The Labute approximate surface area is 196 Å². The summed E-state index contributed by atoms with van der Waals surface area (Å²) in [7, 11) is 0. The van der Waals surface area contributed by atoms with Crippen LogP contribution >= 0.6 is 11.8 Å². The van der Waals surface area contributed by atoms with Crippen LogP contribution in [0.25, 0.3) is 6.08 Å². The Bertz CT molecular complexity index is 1090. The number of aromatic nitrogens is 3. The second-order valence-electron chi connectivity index (χ2n) is 9.16. The highest BCUT2D eigenvalue weighted by Gasteiger charge is 2.46. The molecule has 0 aliphatic carbocycles. The van der Waals surface area contributed by atoms with Gasteiger partial charge in [0.05, 0.1) is 41.3 Å². The van der Waals surface area contributed by atoms with Crippen molar-refractivity contribution in [3.63, 3.8) is 0 Å². The van der Waals surface area contributed by atoms with Gasteiger partial charge in [0.15, 0.2) is 0 Å². The number of thioether (sulfide) groups is 1. The molecule has 1 saturated heterocycles. The average molecular weight is 471 g/mol. The van der Waals surface area contributed by atoms with Gasteiger partial charge in [0.2, 0.25) is 5.88 Å². The Morgan fingerprint density at radius 2 is 2.18 bits per heavy atom. The van der Waals surface area contributed by atoms with Gasteiger partial charge < -0.3 is 20.1 Å². The molecule has 8 nitrogen and oxygen atoms in total. The molecule has 6 heterocycles. The molecule has 33 heavy (non-hydrogen) atoms. The van der Waals surface area contributed by atoms with E-state index in [1.165, 1.54) is 6.20 Å². The van der Waals surface area contributed by atoms with Crippen LogP contribution in [0.3, 0.4) is 0 Å². The summed E-state index contributed by atoms with van der Waals surface area (Å²) >= 11 is 1.76. The van der Waals surface area contributed by atoms with E-state index in [2.05, 4.69) is 31.5 Å². The lowest BCUT2D eigenvalue weighted by atomic mass is 9.93. The summed E-state index contributed by atoms with van der Waals surface area (Å²) in [5, 5.41) is 23.6. The molecular formula is C23H27FN6O2S. The largest absolute Gasteiger partial charge is 0.475 e. The molecular weight excluding hydrogens is 443 g/mol. The Balaban J connectivity index is 1.06. The lowest BCUT2D eigenvalue weighted by Gasteiger charge is -2.37. The van der Waals surface area contributed by atoms with Gasteiger partial charge in [-0.15, -0.1) is 16.9 Å². The maximum atomic E-state index is 14.8. The fourth-order valence-electron chi connectivity index (χ4n) is 5.32. The van der Waals surface area contributed by atoms with Gasteiger partial charge in [-0.3, -0.25) is 9.88 Å². The highest BCUT2D eigenvalue weighted by atomic mass is 32.2. The van der Waals surface area contributed by atoms with Crippen molar-refractivity contribution < 1.29 is 14.2 Å². The van der Waals surface area contributed by atoms with Crippen molar-refractivity contribution in [3.05, 3.63) is 41.1 Å². The molecule has 2 N–H and O–H groups in total. The molecule has 4 aliphatic heterocycles. The number of ether oxygens (including phenoxy) is 1. The number of fused-ring (bicyclic) bond motifs is 1. The summed E-state index contributed by atoms with van der Waals surface area (Å²) in [5.41, 5.74) is 1.61. The van der Waals surface area contributed by atoms with Gasteiger partial charge in [-0.1, -0.05) is 6.08 Å². The Kier molecular flexibility index (Phi) is 5.48. The van der Waals surface area contributed by atoms with Crippen LogP contribution < -0.4 is 15.0 Å². The fraction of sp³-hybridized carbons (Fsp3) is 0.522. The quantitative estimate of drug-likeness (QED) is 0.679. The second kappa shape index (κ2) is 8.50. The second-order valence-corrected chi connectivity index (χ2v) is 10.3. The molecule has 0 unspecified atom stereocenters. The number of nitrogens with zero attached hydrogens (tertiary/aromatic N) is 5. The van der Waals surface area contributed by atoms with Crippen molar-refractivity contribution in [1.29, 1.82) is 0 Å². The molecule has 0 aromatic carbocycles. The molecule has 0 saturated carbocycles. The van der Waals surface area contributed by atoms with Gasteiger partial charge >= 0.3 is 0 Å². The standard InChI is InChI=1S/C23H27FN6O2S/c24-17-12-26-18-2-1-5-30-14-23(31,20(17)21(18)30)13-29-6-3-15(4-7-29)25-11-16-10-19-22(28-27-16)32-8-9-33-19/h1-2,10,12,15,25,31H,3-9,11,13-14H2/t23-/m0/s1. The number of rotatable bonds is 5. The molecule has 4 aliphatic rings. The van der Waals surface area contributed by atoms with Crippen LogP contribution in [0.4, 0.5) is 10.1 Å². The molecule has 0 spiro atoms. The molecule has 6 rings (SSSR count). The van der Waals surface area contributed by atoms with Crippen LogP contribution in [0.2, 0.25) is 0 Å². The number of hydrogen-bond acceptors (Lipinski definition) is 9. The number of β-amino-alcohol motifs (C(OH)–C–C–N with tert-alkyl or cyclic N) is 1. The van der Waals surface area contributed by atoms with E-state index in [1.54, 1.807) is 11.8 Å². The van der Waals surface area contributed by atoms with Gasteiger partial charge in [-0.2, -0.15) is 5.10 Å². The minimum Gasteiger partial charge on any atom is -0.475 e. The van der Waals surface area contributed by atoms with Gasteiger partial charge in [-0.05, 0) is 38.1 Å². The molecule has 174 valence electrons. The van der Waals surface area contributed by atoms with Crippen LogP contribution in [0.15, 0.2) is 23.2 Å². The lowest BCUT2D eigenvalue weighted by Crippen LogP contribution is -2.49. The zero-order chi connectivity index (χ0) is 22.4. The zero-order valence-corrected chi connectivity index (χ0v) is 19.2. The SMILES string of the molecule is O[C@@]1(CN2CCC(NCc3cc4c(nn3)OCCS4)CC2)CN2CC=Cc3ncc(F)c1c32. The molecule has 2 aromatic rings. The molecule has 10 heteroatoms. The number of halogens is 1. The van der Waals surface area contributed by atoms with Gasteiger partial charge in [0.1, 0.15) is 11.4 Å². The monoisotopic (exact) mass is 470 g/mol. The molecule has 0 amide bonds. The smallest absolute Gasteiger partial charge is 0.247 e. The highest BCUT2D eigenvalue weighted by Crippen LogP contribution is 2.44. The highest BCUT2D eigenvalue weighted by molar-refractivity contribution is 7.99. The van der Waals surface area contributed by atoms with E-state index >= 15 is 0 Å². The van der Waals surface area contributed by atoms with Crippen LogP contribution in [0, 0.1) is 5.82 Å². The number of aliphatic hydroxyl groups is 1. The van der Waals surface area contributed by atoms with Crippen LogP contribution in [0.5, 0.6) is 5.88 Å². The van der Waals surface area contributed by atoms with Crippen molar-refractivity contribution in [1.82, 2.24) is 25.4 Å². The van der Waals surface area contributed by atoms with E-state index < -0.39 is 11.4 Å². The summed E-state index contributed by atoms with van der Waals surface area (Å²) < 4.78 is 20.3. The Morgan fingerprint density at radius 1 is 1.30 bits per heavy atom. The summed E-state index contributed by atoms with van der Waals surface area (Å²) in [5.74, 6) is 1.16. The first kappa shape index (κ1) is 21.3. The summed E-state index contributed by atoms with van der Waals surface area (Å²) in [6.07, 6.45) is 7.10. The molecule has 0 radical (unpaired) electrons. The van der Waals surface area contributed by atoms with E-state index in [-0.39, 0.29) is 0 Å². The van der Waals surface area contributed by atoms with E-state index in [0.29, 0.717) is 50.3 Å². The first-order chi connectivity index (χ1) is 16.1. The fourth-order valence-corrected chi connectivity index (χ4v) is 6.15. The van der Waals surface area contributed by atoms with Crippen molar-refractivity contribution >= 4 is 23.5 Å². The molecule has 1 fully saturated rings. The van der Waals surface area contributed by atoms with Crippen molar-refractivity contribution in [3.8, 4) is 5.88 Å². The third-order valence-electron chi connectivity index (χ3n) is 6.87. The maximum Gasteiger partial charge on any atom is 0.247 e. The Hall–Kier alpha value is -2.27. The van der Waals surface area contributed by atoms with Crippen molar-refractivity contribution in [2.24, 2.45) is 0 Å². The summed E-state index contributed by atoms with van der Waals surface area (Å²) in [6, 6.07) is 2.44. The molecule has 0 bridgehead atoms. The van der Waals surface area contributed by atoms with Gasteiger partial charge in [-0.25, -0.2) is 4.39 Å². The Morgan fingerprint density at radius 3 is 3.06 bits per heavy atom. The predicted octanol–water partition coefficient (Wildman–Crippen LogP) is 1.78. The van der Waals surface area contributed by atoms with E-state index in [0.717, 1.165) is 53.7 Å². The normalized spacial score (nSPS) is 24.5. The number of pyridine rings is 1. The maximum absolute atomic E-state index is 14.8. The first-order valence-electron chi connectivity index (χ1n) is 11.5. The van der Waals surface area contributed by atoms with E-state index in [1.807, 2.05) is 17.1 Å². The van der Waals surface area contributed by atoms with Crippen LogP contribution in [0.1, 0.15) is 29.8 Å². The lowest BCUT2D eigenvalue weighted by molar-refractivity contribution is 0.00315. The summed E-state index contributed by atoms with van der Waals surface area (Å²) in [6.45, 7) is 4.57. The van der Waals surface area contributed by atoms with Crippen molar-refractivity contribution in [2.75, 3.05) is 50.0 Å². The molecule has 1 atom stereocenters. The van der Waals surface area contributed by atoms with Gasteiger partial charge in [0.25, 0.3) is 0 Å². The number of likely N-dealkylation sites (tertiary alicyclic amines) is 1. The number of hydrogen-bond donors (Lipinski definition) is 2. The van der Waals surface area contributed by atoms with E-state index in [4.69, 9.17) is 4.74 Å². The molecule has 2 aromatic heterocycles. The minimum atomic E-state index is -1.22. The average Bonchev–Trinajstić information content (AvgIpc) is 3.14. The third kappa shape index (κ3) is 3.99. The minimum absolute atomic E-state index is 0.379. The zero-order valence-electron chi connectivity index (χ0n) is 18.3.